The molecular formula is C10H20O5Si. The van der Waals surface area contributed by atoms with E-state index in [9.17, 15) is 4.79 Å². The number of carbonyl (C=O) groups excluding carboxylic acids is 1. The van der Waals surface area contributed by atoms with Gasteiger partial charge in [0.1, 0.15) is 6.26 Å². The van der Waals surface area contributed by atoms with Gasteiger partial charge in [-0.3, -0.25) is 0 Å². The van der Waals surface area contributed by atoms with Crippen molar-refractivity contribution in [1.29, 1.82) is 0 Å². The number of ether oxygens (including phenoxy) is 1. The summed E-state index contributed by atoms with van der Waals surface area (Å²) in [4.78, 5) is 9.59. The van der Waals surface area contributed by atoms with Crippen molar-refractivity contribution in [2.75, 3.05) is 21.3 Å². The lowest BCUT2D eigenvalue weighted by molar-refractivity contribution is -0.136. The standard InChI is InChI=1S/C7H18O3Si.C3H2O2/c1-7(2)6-11(8-3,9-4)10-5;4-3-1-2-5-3/h7H,6H2,1-5H3;1-2H. The molecule has 0 aliphatic carbocycles. The van der Waals surface area contributed by atoms with Crippen molar-refractivity contribution < 1.29 is 22.8 Å². The van der Waals surface area contributed by atoms with Crippen molar-refractivity contribution in [2.24, 2.45) is 5.92 Å². The Balaban J connectivity index is 0.000000368. The van der Waals surface area contributed by atoms with Gasteiger partial charge in [0.05, 0.1) is 6.08 Å². The number of esters is 1. The third-order valence-corrected chi connectivity index (χ3v) is 5.16. The molecule has 5 nitrogen and oxygen atoms in total. The van der Waals surface area contributed by atoms with Crippen LogP contribution in [0, 0.1) is 5.92 Å². The summed E-state index contributed by atoms with van der Waals surface area (Å²) in [7, 11) is 2.64. The van der Waals surface area contributed by atoms with Gasteiger partial charge in [0.25, 0.3) is 0 Å². The van der Waals surface area contributed by atoms with Crippen LogP contribution < -0.4 is 0 Å². The van der Waals surface area contributed by atoms with E-state index in [-0.39, 0.29) is 5.97 Å². The van der Waals surface area contributed by atoms with Gasteiger partial charge in [0.2, 0.25) is 0 Å². The maximum absolute atomic E-state index is 9.59. The van der Waals surface area contributed by atoms with Crippen molar-refractivity contribution in [1.82, 2.24) is 0 Å². The number of hydrogen-bond acceptors (Lipinski definition) is 5. The molecule has 0 fully saturated rings. The predicted octanol–water partition coefficient (Wildman–Crippen LogP) is 1.58. The van der Waals surface area contributed by atoms with E-state index in [2.05, 4.69) is 18.6 Å². The molecule has 16 heavy (non-hydrogen) atoms. The maximum atomic E-state index is 9.59. The van der Waals surface area contributed by atoms with Crippen LogP contribution in [-0.4, -0.2) is 36.1 Å². The zero-order valence-electron chi connectivity index (χ0n) is 10.5. The quantitative estimate of drug-likeness (QED) is 0.546. The molecule has 0 aromatic heterocycles. The molecule has 0 saturated heterocycles. The molecule has 0 N–H and O–H groups in total. The van der Waals surface area contributed by atoms with Crippen molar-refractivity contribution >= 4 is 14.8 Å². The van der Waals surface area contributed by atoms with Crippen molar-refractivity contribution in [2.45, 2.75) is 19.9 Å². The Morgan fingerprint density at radius 2 is 1.62 bits per heavy atom. The monoisotopic (exact) mass is 248 g/mol. The Labute approximate surface area is 97.7 Å². The first-order valence-corrected chi connectivity index (χ1v) is 6.95. The average molecular weight is 248 g/mol. The third kappa shape index (κ3) is 5.41. The molecule has 94 valence electrons. The SMILES string of the molecule is CO[Si](CC(C)C)(OC)OC.O=C1C=CO1. The Kier molecular flexibility index (Phi) is 7.23. The highest BCUT2D eigenvalue weighted by atomic mass is 28.4. The summed E-state index contributed by atoms with van der Waals surface area (Å²) in [6.45, 7) is 4.25. The van der Waals surface area contributed by atoms with Crippen LogP contribution in [0.3, 0.4) is 0 Å². The molecular weight excluding hydrogens is 228 g/mol. The fraction of sp³-hybridized carbons (Fsp3) is 0.700. The van der Waals surface area contributed by atoms with Gasteiger partial charge in [0, 0.05) is 27.4 Å². The lowest BCUT2D eigenvalue weighted by Gasteiger charge is -2.25. The Morgan fingerprint density at radius 1 is 1.25 bits per heavy atom. The molecule has 0 amide bonds. The smallest absolute Gasteiger partial charge is 0.431 e. The van der Waals surface area contributed by atoms with Crippen LogP contribution >= 0.6 is 0 Å². The van der Waals surface area contributed by atoms with Gasteiger partial charge in [-0.05, 0) is 5.92 Å². The normalized spacial score (nSPS) is 14.0. The van der Waals surface area contributed by atoms with Gasteiger partial charge < -0.3 is 18.0 Å². The van der Waals surface area contributed by atoms with Gasteiger partial charge in [0.15, 0.2) is 0 Å². The highest BCUT2D eigenvalue weighted by Gasteiger charge is 2.38. The highest BCUT2D eigenvalue weighted by molar-refractivity contribution is 6.60. The first-order valence-electron chi connectivity index (χ1n) is 5.02. The first kappa shape index (κ1) is 15.3. The van der Waals surface area contributed by atoms with E-state index in [4.69, 9.17) is 13.3 Å². The van der Waals surface area contributed by atoms with E-state index in [0.717, 1.165) is 6.04 Å². The zero-order chi connectivity index (χ0) is 12.6. The van der Waals surface area contributed by atoms with Crippen LogP contribution in [0.4, 0.5) is 0 Å². The third-order valence-electron chi connectivity index (χ3n) is 1.98. The van der Waals surface area contributed by atoms with E-state index in [1.54, 1.807) is 21.3 Å². The maximum Gasteiger partial charge on any atom is 0.500 e. The molecule has 0 radical (unpaired) electrons. The highest BCUT2D eigenvalue weighted by Crippen LogP contribution is 2.18. The summed E-state index contributed by atoms with van der Waals surface area (Å²) in [5.74, 6) is 0.298. The average Bonchev–Trinajstić information content (AvgIpc) is 2.24. The van der Waals surface area contributed by atoms with Crippen LogP contribution in [0.2, 0.25) is 6.04 Å². The van der Waals surface area contributed by atoms with Gasteiger partial charge in [-0.1, -0.05) is 13.8 Å². The van der Waals surface area contributed by atoms with E-state index in [0.29, 0.717) is 5.92 Å². The van der Waals surface area contributed by atoms with E-state index in [1.807, 2.05) is 0 Å². The molecule has 1 rings (SSSR count). The molecule has 0 unspecified atom stereocenters. The Morgan fingerprint density at radius 3 is 1.69 bits per heavy atom. The van der Waals surface area contributed by atoms with E-state index >= 15 is 0 Å². The fourth-order valence-electron chi connectivity index (χ4n) is 1.12. The second-order valence-electron chi connectivity index (χ2n) is 3.63. The van der Waals surface area contributed by atoms with Crippen molar-refractivity contribution in [3.05, 3.63) is 12.3 Å². The lowest BCUT2D eigenvalue weighted by atomic mass is 10.3. The fourth-order valence-corrected chi connectivity index (χ4v) is 3.12. The summed E-state index contributed by atoms with van der Waals surface area (Å²) in [5, 5.41) is 0. The summed E-state index contributed by atoms with van der Waals surface area (Å²) < 4.78 is 19.8. The first-order chi connectivity index (χ1) is 7.49. The number of carbonyl (C=O) groups is 1. The second kappa shape index (κ2) is 7.56. The molecule has 0 aromatic rings. The second-order valence-corrected chi connectivity index (χ2v) is 6.63. The Hall–Kier alpha value is -0.693. The van der Waals surface area contributed by atoms with Crippen LogP contribution in [0.15, 0.2) is 12.3 Å². The number of rotatable bonds is 5. The molecule has 0 saturated carbocycles. The van der Waals surface area contributed by atoms with Gasteiger partial charge in [-0.2, -0.15) is 0 Å². The van der Waals surface area contributed by atoms with Crippen LogP contribution in [-0.2, 0) is 22.8 Å². The molecule has 0 atom stereocenters. The largest absolute Gasteiger partial charge is 0.500 e. The predicted molar refractivity (Wildman–Crippen MR) is 61.7 cm³/mol. The van der Waals surface area contributed by atoms with Gasteiger partial charge in [-0.15, -0.1) is 0 Å². The number of cyclic esters (lactones) is 1. The topological polar surface area (TPSA) is 54.0 Å². The van der Waals surface area contributed by atoms with E-state index in [1.165, 1.54) is 12.3 Å². The molecule has 0 bridgehead atoms. The lowest BCUT2D eigenvalue weighted by Crippen LogP contribution is -2.43. The van der Waals surface area contributed by atoms with Crippen LogP contribution in [0.1, 0.15) is 13.8 Å². The minimum atomic E-state index is -2.28. The van der Waals surface area contributed by atoms with E-state index < -0.39 is 8.80 Å². The molecule has 6 heteroatoms. The molecule has 0 spiro atoms. The van der Waals surface area contributed by atoms with Crippen molar-refractivity contribution in [3.8, 4) is 0 Å². The summed E-state index contributed by atoms with van der Waals surface area (Å²) in [6.07, 6.45) is 2.71. The molecule has 0 aromatic carbocycles. The van der Waals surface area contributed by atoms with Crippen LogP contribution in [0.5, 0.6) is 0 Å². The minimum Gasteiger partial charge on any atom is -0.431 e. The molecule has 1 aliphatic rings. The summed E-state index contributed by atoms with van der Waals surface area (Å²) >= 11 is 0. The van der Waals surface area contributed by atoms with Crippen molar-refractivity contribution in [3.63, 3.8) is 0 Å². The van der Waals surface area contributed by atoms with Gasteiger partial charge in [-0.25, -0.2) is 4.79 Å². The summed E-state index contributed by atoms with van der Waals surface area (Å²) in [6, 6.07) is 0.872. The summed E-state index contributed by atoms with van der Waals surface area (Å²) in [5.41, 5.74) is 0. The van der Waals surface area contributed by atoms with Crippen LogP contribution in [0.25, 0.3) is 0 Å². The zero-order valence-corrected chi connectivity index (χ0v) is 11.5. The molecule has 1 heterocycles. The number of hydrogen-bond donors (Lipinski definition) is 0. The molecule has 1 aliphatic heterocycles. The minimum absolute atomic E-state index is 0.245. The Bertz CT molecular complexity index is 227. The van der Waals surface area contributed by atoms with Gasteiger partial charge >= 0.3 is 14.8 Å².